The van der Waals surface area contributed by atoms with Crippen LogP contribution in [0.25, 0.3) is 10.9 Å². The molecule has 4 heterocycles. The minimum Gasteiger partial charge on any atom is -0.477 e. The largest absolute Gasteiger partial charge is 0.477 e. The van der Waals surface area contributed by atoms with Crippen LogP contribution in [0.3, 0.4) is 0 Å². The molecule has 2 aromatic heterocycles. The average molecular weight is 453 g/mol. The van der Waals surface area contributed by atoms with Gasteiger partial charge in [-0.05, 0) is 62.7 Å². The maximum Gasteiger partial charge on any atom is 0.341 e. The highest BCUT2D eigenvalue weighted by Gasteiger charge is 2.25. The zero-order valence-electron chi connectivity index (χ0n) is 17.9. The number of nitrogens with zero attached hydrogens (tertiary/aromatic N) is 4. The molecule has 1 aromatic carbocycles. The summed E-state index contributed by atoms with van der Waals surface area (Å²) in [6.45, 7) is 4.05. The molecule has 1 saturated heterocycles. The fraction of sp³-hybridized carbons (Fsp3) is 0.375. The Labute approximate surface area is 190 Å². The molecule has 3 aromatic rings. The van der Waals surface area contributed by atoms with Crippen LogP contribution in [0, 0.1) is 5.92 Å². The monoisotopic (exact) mass is 452 g/mol. The van der Waals surface area contributed by atoms with Crippen LogP contribution in [0.2, 0.25) is 5.02 Å². The molecule has 32 heavy (non-hydrogen) atoms. The van der Waals surface area contributed by atoms with Crippen LogP contribution in [-0.4, -0.2) is 45.7 Å². The normalized spacial score (nSPS) is 17.1. The second-order valence-electron chi connectivity index (χ2n) is 8.86. The molecule has 2 aliphatic rings. The third-order valence-corrected chi connectivity index (χ3v) is 7.00. The summed E-state index contributed by atoms with van der Waals surface area (Å²) >= 11 is 6.63. The Bertz CT molecular complexity index is 1240. The highest BCUT2D eigenvalue weighted by atomic mass is 35.5. The first-order valence-corrected chi connectivity index (χ1v) is 11.2. The summed E-state index contributed by atoms with van der Waals surface area (Å²) in [5, 5.41) is 10.4. The first-order valence-electron chi connectivity index (χ1n) is 10.9. The van der Waals surface area contributed by atoms with E-state index in [-0.39, 0.29) is 5.56 Å². The summed E-state index contributed by atoms with van der Waals surface area (Å²) in [6.07, 6.45) is 5.38. The number of hydrogen-bond donors (Lipinski definition) is 1. The van der Waals surface area contributed by atoms with Crippen LogP contribution in [0.1, 0.15) is 34.5 Å². The van der Waals surface area contributed by atoms with Crippen molar-refractivity contribution in [1.82, 2.24) is 14.5 Å². The van der Waals surface area contributed by atoms with E-state index in [4.69, 9.17) is 11.6 Å². The van der Waals surface area contributed by atoms with Gasteiger partial charge in [0.25, 0.3) is 0 Å². The molecule has 0 bridgehead atoms. The van der Waals surface area contributed by atoms with Crippen molar-refractivity contribution in [3.8, 4) is 0 Å². The SMILES string of the molecule is CN1CCC(Cn2cc(C(=O)O)c(=O)c3cc(Cl)c(N4Cc5cccnc5C4)cc32)CC1. The summed E-state index contributed by atoms with van der Waals surface area (Å²) in [6, 6.07) is 7.55. The van der Waals surface area contributed by atoms with Crippen molar-refractivity contribution >= 4 is 34.2 Å². The highest BCUT2D eigenvalue weighted by molar-refractivity contribution is 6.34. The summed E-state index contributed by atoms with van der Waals surface area (Å²) in [5.41, 5.74) is 3.03. The Balaban J connectivity index is 1.59. The predicted molar refractivity (Wildman–Crippen MR) is 125 cm³/mol. The van der Waals surface area contributed by atoms with E-state index in [0.29, 0.717) is 36.0 Å². The Morgan fingerprint density at radius 2 is 2.03 bits per heavy atom. The van der Waals surface area contributed by atoms with Gasteiger partial charge in [0.1, 0.15) is 5.56 Å². The third kappa shape index (κ3) is 3.76. The first-order chi connectivity index (χ1) is 15.4. The number of halogens is 1. The summed E-state index contributed by atoms with van der Waals surface area (Å²) in [4.78, 5) is 33.6. The zero-order chi connectivity index (χ0) is 22.4. The molecular weight excluding hydrogens is 428 g/mol. The molecule has 0 spiro atoms. The van der Waals surface area contributed by atoms with Crippen LogP contribution in [-0.2, 0) is 19.6 Å². The molecule has 0 saturated carbocycles. The molecule has 0 amide bonds. The quantitative estimate of drug-likeness (QED) is 0.651. The third-order valence-electron chi connectivity index (χ3n) is 6.70. The lowest BCUT2D eigenvalue weighted by Gasteiger charge is -2.30. The molecule has 0 atom stereocenters. The van der Waals surface area contributed by atoms with Gasteiger partial charge >= 0.3 is 5.97 Å². The number of hydrogen-bond acceptors (Lipinski definition) is 5. The Hall–Kier alpha value is -2.90. The van der Waals surface area contributed by atoms with E-state index in [0.717, 1.165) is 48.4 Å². The number of aromatic nitrogens is 2. The lowest BCUT2D eigenvalue weighted by Crippen LogP contribution is -2.32. The number of carbonyl (C=O) groups is 1. The van der Waals surface area contributed by atoms with E-state index in [1.165, 1.54) is 6.20 Å². The first kappa shape index (κ1) is 21.0. The molecule has 0 aliphatic carbocycles. The van der Waals surface area contributed by atoms with E-state index in [1.807, 2.05) is 16.7 Å². The van der Waals surface area contributed by atoms with Gasteiger partial charge in [0, 0.05) is 30.9 Å². The van der Waals surface area contributed by atoms with Gasteiger partial charge in [-0.25, -0.2) is 4.79 Å². The van der Waals surface area contributed by atoms with Gasteiger partial charge in [0.2, 0.25) is 5.43 Å². The van der Waals surface area contributed by atoms with Crippen LogP contribution >= 0.6 is 11.6 Å². The van der Waals surface area contributed by atoms with Crippen molar-refractivity contribution in [1.29, 1.82) is 0 Å². The Morgan fingerprint density at radius 1 is 1.25 bits per heavy atom. The number of pyridine rings is 2. The highest BCUT2D eigenvalue weighted by Crippen LogP contribution is 2.35. The molecule has 166 valence electrons. The second-order valence-corrected chi connectivity index (χ2v) is 9.27. The van der Waals surface area contributed by atoms with Crippen LogP contribution in [0.15, 0.2) is 41.5 Å². The van der Waals surface area contributed by atoms with E-state index in [2.05, 4.69) is 27.9 Å². The number of anilines is 1. The second kappa shape index (κ2) is 8.22. The van der Waals surface area contributed by atoms with Crippen molar-refractivity contribution in [2.75, 3.05) is 25.0 Å². The van der Waals surface area contributed by atoms with Crippen LogP contribution in [0.4, 0.5) is 5.69 Å². The van der Waals surface area contributed by atoms with Crippen LogP contribution in [0.5, 0.6) is 0 Å². The number of likely N-dealkylation sites (tertiary alicyclic amines) is 1. The lowest BCUT2D eigenvalue weighted by atomic mass is 9.96. The zero-order valence-corrected chi connectivity index (χ0v) is 18.7. The number of carboxylic acid groups (broad SMARTS) is 1. The molecule has 5 rings (SSSR count). The van der Waals surface area contributed by atoms with Crippen molar-refractivity contribution in [3.05, 3.63) is 68.7 Å². The number of fused-ring (bicyclic) bond motifs is 2. The number of carboxylic acids is 1. The average Bonchev–Trinajstić information content (AvgIpc) is 3.20. The number of piperidine rings is 1. The molecule has 2 aliphatic heterocycles. The maximum absolute atomic E-state index is 12.9. The van der Waals surface area contributed by atoms with E-state index in [1.54, 1.807) is 12.3 Å². The predicted octanol–water partition coefficient (Wildman–Crippen LogP) is 3.61. The molecular formula is C24H25ClN4O3. The fourth-order valence-electron chi connectivity index (χ4n) is 4.84. The number of benzene rings is 1. The molecule has 7 nitrogen and oxygen atoms in total. The van der Waals surface area contributed by atoms with Gasteiger partial charge in [-0.15, -0.1) is 0 Å². The number of rotatable bonds is 4. The van der Waals surface area contributed by atoms with Crippen molar-refractivity contribution in [2.24, 2.45) is 5.92 Å². The van der Waals surface area contributed by atoms with Gasteiger partial charge in [-0.2, -0.15) is 0 Å². The lowest BCUT2D eigenvalue weighted by molar-refractivity contribution is 0.0694. The topological polar surface area (TPSA) is 78.7 Å². The number of aromatic carboxylic acids is 1. The van der Waals surface area contributed by atoms with Crippen LogP contribution < -0.4 is 10.3 Å². The van der Waals surface area contributed by atoms with E-state index >= 15 is 0 Å². The maximum atomic E-state index is 12.9. The van der Waals surface area contributed by atoms with Gasteiger partial charge in [-0.1, -0.05) is 17.7 Å². The van der Waals surface area contributed by atoms with Gasteiger partial charge < -0.3 is 19.5 Å². The van der Waals surface area contributed by atoms with E-state index < -0.39 is 11.4 Å². The summed E-state index contributed by atoms with van der Waals surface area (Å²) in [7, 11) is 2.12. The molecule has 1 N–H and O–H groups in total. The molecule has 8 heteroatoms. The van der Waals surface area contributed by atoms with Gasteiger partial charge in [0.05, 0.1) is 28.5 Å². The molecule has 0 radical (unpaired) electrons. The van der Waals surface area contributed by atoms with E-state index in [9.17, 15) is 14.7 Å². The molecule has 1 fully saturated rings. The Morgan fingerprint density at radius 3 is 2.75 bits per heavy atom. The smallest absolute Gasteiger partial charge is 0.341 e. The van der Waals surface area contributed by atoms with Gasteiger partial charge in [0.15, 0.2) is 0 Å². The summed E-state index contributed by atoms with van der Waals surface area (Å²) in [5.74, 6) is -0.784. The standard InChI is InChI=1S/C24H25ClN4O3/c1-27-7-4-15(5-8-27)11-28-13-18(24(31)32)23(30)17-9-19(25)22(10-21(17)28)29-12-16-3-2-6-26-20(16)14-29/h2-3,6,9-10,13,15H,4-5,7-8,11-12,14H2,1H3,(H,31,32). The van der Waals surface area contributed by atoms with Crippen molar-refractivity contribution in [3.63, 3.8) is 0 Å². The fourth-order valence-corrected chi connectivity index (χ4v) is 5.12. The van der Waals surface area contributed by atoms with Crippen molar-refractivity contribution in [2.45, 2.75) is 32.5 Å². The minimum atomic E-state index is -1.21. The van der Waals surface area contributed by atoms with Crippen molar-refractivity contribution < 1.29 is 9.90 Å². The Kier molecular flexibility index (Phi) is 5.39. The molecule has 0 unspecified atom stereocenters. The summed E-state index contributed by atoms with van der Waals surface area (Å²) < 4.78 is 1.94. The van der Waals surface area contributed by atoms with Gasteiger partial charge in [-0.3, -0.25) is 9.78 Å². The minimum absolute atomic E-state index is 0.216.